The lowest BCUT2D eigenvalue weighted by atomic mass is 9.44. The van der Waals surface area contributed by atoms with Crippen LogP contribution in [0.15, 0.2) is 48.5 Å². The molecule has 3 aliphatic rings. The number of carbonyl (C=O) groups is 3. The molecule has 2 aromatic rings. The zero-order chi connectivity index (χ0) is 29.2. The number of nitrogens with zero attached hydrogens (tertiary/aromatic N) is 1. The number of hydrogen-bond acceptors (Lipinski definition) is 4. The predicted molar refractivity (Wildman–Crippen MR) is 142 cm³/mol. The summed E-state index contributed by atoms with van der Waals surface area (Å²) >= 11 is 0. The van der Waals surface area contributed by atoms with E-state index in [2.05, 4.69) is 36.1 Å². The lowest BCUT2D eigenvalue weighted by Gasteiger charge is -2.63. The van der Waals surface area contributed by atoms with E-state index in [0.29, 0.717) is 23.1 Å². The maximum Gasteiger partial charge on any atom is 0.573 e. The minimum absolute atomic E-state index is 0.0193. The molecule has 0 heterocycles. The fourth-order valence-electron chi connectivity index (χ4n) is 6.15. The van der Waals surface area contributed by atoms with E-state index >= 15 is 0 Å². The molecule has 40 heavy (non-hydrogen) atoms. The van der Waals surface area contributed by atoms with E-state index in [4.69, 9.17) is 5.11 Å². The van der Waals surface area contributed by atoms with Gasteiger partial charge in [-0.1, -0.05) is 32.9 Å². The first-order chi connectivity index (χ1) is 18.7. The number of benzene rings is 2. The van der Waals surface area contributed by atoms with E-state index in [1.165, 1.54) is 12.1 Å². The second-order valence-corrected chi connectivity index (χ2v) is 11.2. The normalized spacial score (nSPS) is 22.9. The average molecular weight is 562 g/mol. The Bertz CT molecular complexity index is 1230. The molecule has 11 heteroatoms. The summed E-state index contributed by atoms with van der Waals surface area (Å²) in [7, 11) is 0. The highest BCUT2D eigenvalue weighted by Crippen LogP contribution is 2.62. The Morgan fingerprint density at radius 1 is 1.05 bits per heavy atom. The summed E-state index contributed by atoms with van der Waals surface area (Å²) in [6.07, 6.45) is -3.00. The van der Waals surface area contributed by atoms with E-state index in [9.17, 15) is 27.6 Å². The number of aliphatic carboxylic acids is 1. The number of hydrogen-bond donors (Lipinski definition) is 3. The average Bonchev–Trinajstić information content (AvgIpc) is 2.87. The molecular weight excluding hydrogens is 527 g/mol. The molecule has 3 saturated carbocycles. The number of carbonyl (C=O) groups excluding carboxylic acids is 2. The molecule has 3 N–H and O–H groups in total. The standard InChI is InChI=1S/C29H34F3N3O5/c1-17-23-14-20(28(23,2)3)15-24(17)35(27(39)34-21-8-10-22(11-9-21)40-29(30,31)32)16-18-4-6-19(7-5-18)26(38)33-13-12-25(36)37/h4-11,17,20,23-24H,12-16H2,1-3H3,(H,33,38)(H,34,39)(H,36,37)/t17-,20+,23+,24?/m0/s1. The van der Waals surface area contributed by atoms with Gasteiger partial charge in [-0.05, 0) is 78.0 Å². The largest absolute Gasteiger partial charge is 0.573 e. The van der Waals surface area contributed by atoms with E-state index in [0.717, 1.165) is 30.5 Å². The first-order valence-corrected chi connectivity index (χ1v) is 13.3. The highest BCUT2D eigenvalue weighted by Gasteiger charge is 2.57. The second-order valence-electron chi connectivity index (χ2n) is 11.2. The smallest absolute Gasteiger partial charge is 0.481 e. The number of rotatable bonds is 9. The molecule has 216 valence electrons. The molecule has 8 nitrogen and oxygen atoms in total. The molecule has 3 aliphatic carbocycles. The van der Waals surface area contributed by atoms with Gasteiger partial charge in [0.25, 0.3) is 5.91 Å². The monoisotopic (exact) mass is 561 g/mol. The summed E-state index contributed by atoms with van der Waals surface area (Å²) in [5.41, 5.74) is 1.73. The van der Waals surface area contributed by atoms with Crippen LogP contribution in [0, 0.1) is 23.2 Å². The molecule has 1 unspecified atom stereocenters. The van der Waals surface area contributed by atoms with Gasteiger partial charge in [0.15, 0.2) is 0 Å². The van der Waals surface area contributed by atoms with Crippen LogP contribution in [0.1, 0.15) is 56.0 Å². The van der Waals surface area contributed by atoms with Crippen molar-refractivity contribution in [2.24, 2.45) is 23.2 Å². The maximum absolute atomic E-state index is 13.6. The minimum Gasteiger partial charge on any atom is -0.481 e. The van der Waals surface area contributed by atoms with Crippen molar-refractivity contribution in [3.8, 4) is 5.75 Å². The van der Waals surface area contributed by atoms with Crippen LogP contribution < -0.4 is 15.4 Å². The van der Waals surface area contributed by atoms with Crippen LogP contribution in [0.4, 0.5) is 23.7 Å². The van der Waals surface area contributed by atoms with Crippen LogP contribution in [0.5, 0.6) is 5.75 Å². The number of nitrogens with one attached hydrogen (secondary N) is 2. The number of ether oxygens (including phenoxy) is 1. The van der Waals surface area contributed by atoms with Crippen LogP contribution in [0.2, 0.25) is 0 Å². The third-order valence-electron chi connectivity index (χ3n) is 8.51. The predicted octanol–water partition coefficient (Wildman–Crippen LogP) is 5.89. The summed E-state index contributed by atoms with van der Waals surface area (Å²) in [5, 5.41) is 14.1. The van der Waals surface area contributed by atoms with Gasteiger partial charge in [0.05, 0.1) is 6.42 Å². The highest BCUT2D eigenvalue weighted by molar-refractivity contribution is 5.94. The van der Waals surface area contributed by atoms with Crippen LogP contribution in [0.3, 0.4) is 0 Å². The van der Waals surface area contributed by atoms with Crippen LogP contribution in [-0.4, -0.2) is 46.9 Å². The van der Waals surface area contributed by atoms with E-state index in [1.54, 1.807) is 29.2 Å². The number of urea groups is 1. The number of alkyl halides is 3. The lowest BCUT2D eigenvalue weighted by Crippen LogP contribution is -2.61. The van der Waals surface area contributed by atoms with Crippen molar-refractivity contribution in [2.45, 2.75) is 59.0 Å². The quantitative estimate of drug-likeness (QED) is 0.354. The molecule has 0 spiro atoms. The fourth-order valence-corrected chi connectivity index (χ4v) is 6.15. The number of amides is 3. The van der Waals surface area contributed by atoms with Crippen molar-refractivity contribution in [2.75, 3.05) is 11.9 Å². The highest BCUT2D eigenvalue weighted by atomic mass is 19.4. The minimum atomic E-state index is -4.80. The zero-order valence-electron chi connectivity index (χ0n) is 22.6. The van der Waals surface area contributed by atoms with Crippen molar-refractivity contribution in [3.63, 3.8) is 0 Å². The van der Waals surface area contributed by atoms with Crippen LogP contribution >= 0.6 is 0 Å². The van der Waals surface area contributed by atoms with Crippen molar-refractivity contribution in [1.29, 1.82) is 0 Å². The second kappa shape index (κ2) is 11.4. The molecule has 5 rings (SSSR count). The van der Waals surface area contributed by atoms with Gasteiger partial charge >= 0.3 is 18.4 Å². The van der Waals surface area contributed by atoms with Gasteiger partial charge in [0.1, 0.15) is 5.75 Å². The van der Waals surface area contributed by atoms with Gasteiger partial charge in [0, 0.05) is 30.4 Å². The van der Waals surface area contributed by atoms with Crippen molar-refractivity contribution in [3.05, 3.63) is 59.7 Å². The van der Waals surface area contributed by atoms with Gasteiger partial charge in [0.2, 0.25) is 0 Å². The molecule has 0 aromatic heterocycles. The third-order valence-corrected chi connectivity index (χ3v) is 8.51. The van der Waals surface area contributed by atoms with Crippen molar-refractivity contribution in [1.82, 2.24) is 10.2 Å². The maximum atomic E-state index is 13.6. The van der Waals surface area contributed by atoms with Crippen LogP contribution in [-0.2, 0) is 11.3 Å². The molecule has 0 radical (unpaired) electrons. The third kappa shape index (κ3) is 6.68. The molecule has 3 amide bonds. The number of carboxylic acids is 1. The summed E-state index contributed by atoms with van der Waals surface area (Å²) in [6.45, 7) is 7.00. The first kappa shape index (κ1) is 29.2. The Kier molecular flexibility index (Phi) is 8.32. The molecule has 3 fully saturated rings. The Hall–Kier alpha value is -3.76. The Balaban J connectivity index is 1.49. The van der Waals surface area contributed by atoms with Gasteiger partial charge < -0.3 is 25.4 Å². The lowest BCUT2D eigenvalue weighted by molar-refractivity contribution is -0.274. The first-order valence-electron chi connectivity index (χ1n) is 13.3. The summed E-state index contributed by atoms with van der Waals surface area (Å²) < 4.78 is 41.4. The molecule has 0 saturated heterocycles. The number of fused-ring (bicyclic) bond motifs is 2. The Morgan fingerprint density at radius 3 is 2.25 bits per heavy atom. The fraction of sp³-hybridized carbons (Fsp3) is 0.483. The molecule has 2 bridgehead atoms. The van der Waals surface area contributed by atoms with E-state index in [-0.39, 0.29) is 54.6 Å². The number of carboxylic acid groups (broad SMARTS) is 1. The molecular formula is C29H34F3N3O5. The van der Waals surface area contributed by atoms with Crippen molar-refractivity contribution >= 4 is 23.6 Å². The molecule has 2 aromatic carbocycles. The van der Waals surface area contributed by atoms with E-state index in [1.807, 2.05) is 0 Å². The van der Waals surface area contributed by atoms with Crippen molar-refractivity contribution < 1.29 is 37.4 Å². The van der Waals surface area contributed by atoms with Gasteiger partial charge in [-0.2, -0.15) is 0 Å². The molecule has 0 aliphatic heterocycles. The van der Waals surface area contributed by atoms with Gasteiger partial charge in [-0.3, -0.25) is 9.59 Å². The summed E-state index contributed by atoms with van der Waals surface area (Å²) in [4.78, 5) is 38.4. The topological polar surface area (TPSA) is 108 Å². The summed E-state index contributed by atoms with van der Waals surface area (Å²) in [5.74, 6) is -0.557. The number of anilines is 1. The van der Waals surface area contributed by atoms with Gasteiger partial charge in [-0.25, -0.2) is 4.79 Å². The SMILES string of the molecule is C[C@@H]1C(N(Cc2ccc(C(=O)NCCC(=O)O)cc2)C(=O)Nc2ccc(OC(F)(F)F)cc2)C[C@H]2C[C@H]1C2(C)C. The summed E-state index contributed by atoms with van der Waals surface area (Å²) in [6, 6.07) is 11.4. The van der Waals surface area contributed by atoms with Gasteiger partial charge in [-0.15, -0.1) is 13.2 Å². The zero-order valence-corrected chi connectivity index (χ0v) is 22.6. The van der Waals surface area contributed by atoms with Crippen LogP contribution in [0.25, 0.3) is 0 Å². The van der Waals surface area contributed by atoms with E-state index < -0.39 is 12.3 Å². The molecule has 4 atom stereocenters. The number of halogens is 3. The Labute approximate surface area is 230 Å². The Morgan fingerprint density at radius 2 is 1.70 bits per heavy atom.